The largest absolute Gasteiger partial charge is 0.462 e. The molecule has 0 aromatic carbocycles. The summed E-state index contributed by atoms with van der Waals surface area (Å²) in [4.78, 5) is 26.0. The van der Waals surface area contributed by atoms with Crippen LogP contribution in [0, 0.1) is 0 Å². The number of hydrogen-bond donors (Lipinski definition) is 3. The first-order valence-corrected chi connectivity index (χ1v) is 23.8. The van der Waals surface area contributed by atoms with Crippen LogP contribution >= 0.6 is 0 Å². The van der Waals surface area contributed by atoms with E-state index in [0.29, 0.717) is 19.3 Å². The van der Waals surface area contributed by atoms with Crippen molar-refractivity contribution >= 4 is 11.9 Å². The van der Waals surface area contributed by atoms with Crippen molar-refractivity contribution in [2.75, 3.05) is 6.61 Å². The van der Waals surface area contributed by atoms with Gasteiger partial charge in [-0.25, -0.2) is 0 Å². The van der Waals surface area contributed by atoms with E-state index in [2.05, 4.69) is 111 Å². The minimum Gasteiger partial charge on any atom is -0.462 e. The van der Waals surface area contributed by atoms with Crippen LogP contribution in [-0.4, -0.2) is 46.9 Å². The van der Waals surface area contributed by atoms with Crippen LogP contribution in [0.25, 0.3) is 0 Å². The first-order valence-electron chi connectivity index (χ1n) is 23.8. The lowest BCUT2D eigenvalue weighted by Crippen LogP contribution is -2.46. The van der Waals surface area contributed by atoms with Gasteiger partial charge in [0.25, 0.3) is 0 Å². The smallest absolute Gasteiger partial charge is 0.306 e. The Balaban J connectivity index is 4.71. The van der Waals surface area contributed by atoms with Gasteiger partial charge in [0.1, 0.15) is 6.10 Å². The van der Waals surface area contributed by atoms with Gasteiger partial charge in [-0.3, -0.25) is 9.59 Å². The lowest BCUT2D eigenvalue weighted by molar-refractivity contribution is -0.151. The van der Waals surface area contributed by atoms with Crippen LogP contribution in [-0.2, 0) is 14.3 Å². The summed E-state index contributed by atoms with van der Waals surface area (Å²) in [5.41, 5.74) is 0. The van der Waals surface area contributed by atoms with Crippen LogP contribution in [0.15, 0.2) is 85.1 Å². The maximum absolute atomic E-state index is 13.1. The van der Waals surface area contributed by atoms with E-state index in [1.165, 1.54) is 57.8 Å². The molecule has 0 heterocycles. The summed E-state index contributed by atoms with van der Waals surface area (Å²) < 4.78 is 5.88. The van der Waals surface area contributed by atoms with Gasteiger partial charge < -0.3 is 20.3 Å². The summed E-state index contributed by atoms with van der Waals surface area (Å²) in [6, 6.07) is -0.724. The van der Waals surface area contributed by atoms with Crippen molar-refractivity contribution in [1.29, 1.82) is 0 Å². The zero-order chi connectivity index (χ0) is 42.4. The number of nitrogens with one attached hydrogen (secondary N) is 1. The van der Waals surface area contributed by atoms with Crippen LogP contribution in [0.5, 0.6) is 0 Å². The third-order valence-electron chi connectivity index (χ3n) is 10.2. The summed E-state index contributed by atoms with van der Waals surface area (Å²) in [6.45, 7) is 6.20. The molecule has 0 aliphatic carbocycles. The maximum Gasteiger partial charge on any atom is 0.306 e. The molecule has 0 aliphatic rings. The summed E-state index contributed by atoms with van der Waals surface area (Å²) in [5.74, 6) is -0.552. The lowest BCUT2D eigenvalue weighted by atomic mass is 10.0. The average molecular weight is 808 g/mol. The first-order chi connectivity index (χ1) is 28.5. The molecule has 3 N–H and O–H groups in total. The number of carbonyl (C=O) groups excluding carboxylic acids is 2. The van der Waals surface area contributed by atoms with Gasteiger partial charge in [0.05, 0.1) is 25.2 Å². The minimum absolute atomic E-state index is 0.0300. The Bertz CT molecular complexity index is 1130. The molecule has 3 atom stereocenters. The molecule has 6 heteroatoms. The van der Waals surface area contributed by atoms with Gasteiger partial charge in [-0.1, -0.05) is 189 Å². The van der Waals surface area contributed by atoms with Gasteiger partial charge in [0.15, 0.2) is 0 Å². The quantitative estimate of drug-likeness (QED) is 0.0325. The molecule has 0 aromatic heterocycles. The molecule has 58 heavy (non-hydrogen) atoms. The molecule has 0 fully saturated rings. The van der Waals surface area contributed by atoms with Gasteiger partial charge in [-0.05, 0) is 89.9 Å². The maximum atomic E-state index is 13.1. The van der Waals surface area contributed by atoms with Gasteiger partial charge in [-0.15, -0.1) is 0 Å². The Labute approximate surface area is 357 Å². The third kappa shape index (κ3) is 39.8. The molecule has 0 bridgehead atoms. The second kappa shape index (κ2) is 45.1. The van der Waals surface area contributed by atoms with Crippen molar-refractivity contribution in [3.05, 3.63) is 85.1 Å². The number of aliphatic hydroxyl groups excluding tert-OH is 2. The van der Waals surface area contributed by atoms with Crippen molar-refractivity contribution in [3.63, 3.8) is 0 Å². The van der Waals surface area contributed by atoms with Gasteiger partial charge in [0, 0.05) is 6.42 Å². The molecule has 1 amide bonds. The van der Waals surface area contributed by atoms with Crippen molar-refractivity contribution < 1.29 is 24.5 Å². The van der Waals surface area contributed by atoms with E-state index < -0.39 is 18.2 Å². The number of rotatable bonds is 41. The highest BCUT2D eigenvalue weighted by Crippen LogP contribution is 2.16. The van der Waals surface area contributed by atoms with E-state index in [1.807, 2.05) is 0 Å². The molecular formula is C52H89NO5. The summed E-state index contributed by atoms with van der Waals surface area (Å²) in [5, 5.41) is 23.6. The van der Waals surface area contributed by atoms with Crippen molar-refractivity contribution in [2.45, 2.75) is 225 Å². The molecule has 0 saturated heterocycles. The van der Waals surface area contributed by atoms with E-state index in [4.69, 9.17) is 4.74 Å². The second-order valence-electron chi connectivity index (χ2n) is 15.7. The fraction of sp³-hybridized carbons (Fsp3) is 0.692. The number of aliphatic hydroxyl groups is 2. The molecular weight excluding hydrogens is 719 g/mol. The van der Waals surface area contributed by atoms with Gasteiger partial charge in [-0.2, -0.15) is 0 Å². The van der Waals surface area contributed by atoms with Crippen LogP contribution < -0.4 is 5.32 Å². The Morgan fingerprint density at radius 1 is 0.517 bits per heavy atom. The topological polar surface area (TPSA) is 95.9 Å². The standard InChI is InChI=1S/C52H89NO5/c1-4-7-10-13-16-19-21-23-25-26-28-30-33-36-39-42-45-52(57)58-48(43-40-37-34-32-29-27-24-22-20-17-14-11-8-5-2)46-51(56)53-49(47-54)50(55)44-41-38-35-31-18-15-12-9-6-3/h7-8,10-11,16-17,19-20,23-25,27,32,34,48-50,54-55H,4-6,9,12-15,18,21-22,26,28-31,33,35-47H2,1-3H3,(H,53,56)/b10-7+,11-8+,19-16+,20-17+,25-23+,27-24+,34-32+. The van der Waals surface area contributed by atoms with Gasteiger partial charge >= 0.3 is 5.97 Å². The number of unbranched alkanes of at least 4 members (excludes halogenated alkanes) is 15. The van der Waals surface area contributed by atoms with E-state index in [9.17, 15) is 19.8 Å². The van der Waals surface area contributed by atoms with Crippen LogP contribution in [0.4, 0.5) is 0 Å². The zero-order valence-corrected chi connectivity index (χ0v) is 37.6. The monoisotopic (exact) mass is 808 g/mol. The molecule has 0 aliphatic heterocycles. The average Bonchev–Trinajstić information content (AvgIpc) is 3.22. The Morgan fingerprint density at radius 3 is 1.45 bits per heavy atom. The predicted molar refractivity (Wildman–Crippen MR) is 250 cm³/mol. The highest BCUT2D eigenvalue weighted by molar-refractivity contribution is 5.77. The normalized spacial score (nSPS) is 14.1. The van der Waals surface area contributed by atoms with Crippen molar-refractivity contribution in [2.24, 2.45) is 0 Å². The molecule has 0 rings (SSSR count). The minimum atomic E-state index is -0.806. The number of allylic oxidation sites excluding steroid dienone is 14. The zero-order valence-electron chi connectivity index (χ0n) is 37.6. The molecule has 3 unspecified atom stereocenters. The fourth-order valence-corrected chi connectivity index (χ4v) is 6.67. The first kappa shape index (κ1) is 55.0. The number of ether oxygens (including phenoxy) is 1. The van der Waals surface area contributed by atoms with E-state index >= 15 is 0 Å². The van der Waals surface area contributed by atoms with Gasteiger partial charge in [0.2, 0.25) is 5.91 Å². The van der Waals surface area contributed by atoms with Crippen LogP contribution in [0.1, 0.15) is 207 Å². The van der Waals surface area contributed by atoms with Crippen molar-refractivity contribution in [3.8, 4) is 0 Å². The van der Waals surface area contributed by atoms with E-state index in [0.717, 1.165) is 103 Å². The number of hydrogen-bond acceptors (Lipinski definition) is 5. The third-order valence-corrected chi connectivity index (χ3v) is 10.2. The highest BCUT2D eigenvalue weighted by Gasteiger charge is 2.24. The number of esters is 1. The molecule has 0 spiro atoms. The fourth-order valence-electron chi connectivity index (χ4n) is 6.67. The Morgan fingerprint density at radius 2 is 0.948 bits per heavy atom. The SMILES string of the molecule is CC/C=C/C/C=C/C/C=C/C/C=C/CCCC(CC(=O)NC(CO)C(O)CCCCCCCCCCC)OC(=O)CCCCCCCC/C=C/C/C=C/C/C=C/CC. The molecule has 0 aromatic rings. The number of carbonyl (C=O) groups is 2. The summed E-state index contributed by atoms with van der Waals surface area (Å²) in [6.07, 6.45) is 57.9. The Kier molecular flexibility index (Phi) is 42.8. The summed E-state index contributed by atoms with van der Waals surface area (Å²) in [7, 11) is 0. The summed E-state index contributed by atoms with van der Waals surface area (Å²) >= 11 is 0. The highest BCUT2D eigenvalue weighted by atomic mass is 16.5. The molecule has 332 valence electrons. The van der Waals surface area contributed by atoms with Crippen LogP contribution in [0.3, 0.4) is 0 Å². The lowest BCUT2D eigenvalue weighted by Gasteiger charge is -2.24. The molecule has 6 nitrogen and oxygen atoms in total. The number of amides is 1. The molecule has 0 saturated carbocycles. The van der Waals surface area contributed by atoms with Crippen molar-refractivity contribution in [1.82, 2.24) is 5.32 Å². The molecule has 0 radical (unpaired) electrons. The van der Waals surface area contributed by atoms with E-state index in [-0.39, 0.29) is 24.9 Å². The predicted octanol–water partition coefficient (Wildman–Crippen LogP) is 14.0. The van der Waals surface area contributed by atoms with Crippen LogP contribution in [0.2, 0.25) is 0 Å². The van der Waals surface area contributed by atoms with E-state index in [1.54, 1.807) is 0 Å². The second-order valence-corrected chi connectivity index (χ2v) is 15.7. The Hall–Kier alpha value is -2.96.